The Balaban J connectivity index is 1.70. The van der Waals surface area contributed by atoms with Crippen molar-refractivity contribution in [3.63, 3.8) is 0 Å². The largest absolute Gasteiger partial charge is 0.497 e. The van der Waals surface area contributed by atoms with Gasteiger partial charge in [0, 0.05) is 12.1 Å². The van der Waals surface area contributed by atoms with Gasteiger partial charge in [-0.1, -0.05) is 30.3 Å². The third-order valence-electron chi connectivity index (χ3n) is 3.32. The highest BCUT2D eigenvalue weighted by Gasteiger charge is 2.07. The average Bonchev–Trinajstić information content (AvgIpc) is 2.60. The molecule has 23 heavy (non-hydrogen) atoms. The summed E-state index contributed by atoms with van der Waals surface area (Å²) >= 11 is 0. The molecule has 2 N–H and O–H groups in total. The first kappa shape index (κ1) is 16.5. The number of carbonyl (C=O) groups excluding carboxylic acids is 2. The van der Waals surface area contributed by atoms with Crippen LogP contribution in [0.5, 0.6) is 5.75 Å². The van der Waals surface area contributed by atoms with Crippen LogP contribution in [0.4, 0.5) is 0 Å². The lowest BCUT2D eigenvalue weighted by Crippen LogP contribution is -2.37. The number of methoxy groups -OCH3 is 1. The standard InChI is InChI=1S/C18H20N2O3/c1-23-16-9-5-6-14(12-16)10-11-19-17(21)13-20-18(22)15-7-3-2-4-8-15/h2-9,12H,10-11,13H2,1H3,(H,19,21)(H,20,22). The highest BCUT2D eigenvalue weighted by atomic mass is 16.5. The molecule has 0 heterocycles. The average molecular weight is 312 g/mol. The minimum atomic E-state index is -0.256. The zero-order valence-corrected chi connectivity index (χ0v) is 13.0. The van der Waals surface area contributed by atoms with Crippen LogP contribution in [0.3, 0.4) is 0 Å². The lowest BCUT2D eigenvalue weighted by Gasteiger charge is -2.08. The third kappa shape index (κ3) is 5.47. The Bertz CT molecular complexity index is 656. The van der Waals surface area contributed by atoms with Crippen molar-refractivity contribution >= 4 is 11.8 Å². The summed E-state index contributed by atoms with van der Waals surface area (Å²) in [5.74, 6) is 0.328. The molecule has 0 atom stereocenters. The number of nitrogens with one attached hydrogen (secondary N) is 2. The van der Waals surface area contributed by atoms with Gasteiger partial charge < -0.3 is 15.4 Å². The number of hydrogen-bond donors (Lipinski definition) is 2. The van der Waals surface area contributed by atoms with Crippen LogP contribution in [0.1, 0.15) is 15.9 Å². The molecule has 0 radical (unpaired) electrons. The molecule has 0 aliphatic rings. The zero-order chi connectivity index (χ0) is 16.5. The SMILES string of the molecule is COc1cccc(CCNC(=O)CNC(=O)c2ccccc2)c1. The number of carbonyl (C=O) groups is 2. The van der Waals surface area contributed by atoms with Gasteiger partial charge in [0.2, 0.25) is 5.91 Å². The molecular weight excluding hydrogens is 292 g/mol. The number of benzene rings is 2. The van der Waals surface area contributed by atoms with Crippen molar-refractivity contribution in [1.82, 2.24) is 10.6 Å². The van der Waals surface area contributed by atoms with E-state index in [-0.39, 0.29) is 18.4 Å². The van der Waals surface area contributed by atoms with E-state index in [0.29, 0.717) is 18.5 Å². The monoisotopic (exact) mass is 312 g/mol. The Morgan fingerprint density at radius 1 is 1.00 bits per heavy atom. The van der Waals surface area contributed by atoms with Crippen molar-refractivity contribution in [2.75, 3.05) is 20.2 Å². The highest BCUT2D eigenvalue weighted by Crippen LogP contribution is 2.12. The number of amides is 2. The van der Waals surface area contributed by atoms with E-state index in [9.17, 15) is 9.59 Å². The molecule has 0 aliphatic carbocycles. The second-order valence-electron chi connectivity index (χ2n) is 5.00. The van der Waals surface area contributed by atoms with E-state index in [2.05, 4.69) is 10.6 Å². The highest BCUT2D eigenvalue weighted by molar-refractivity contribution is 5.96. The molecule has 5 heteroatoms. The first-order chi connectivity index (χ1) is 11.2. The molecule has 0 bridgehead atoms. The van der Waals surface area contributed by atoms with Gasteiger partial charge in [-0.15, -0.1) is 0 Å². The fourth-order valence-corrected chi connectivity index (χ4v) is 2.09. The van der Waals surface area contributed by atoms with Crippen LogP contribution in [0.15, 0.2) is 54.6 Å². The molecule has 2 rings (SSSR count). The van der Waals surface area contributed by atoms with E-state index in [0.717, 1.165) is 11.3 Å². The summed E-state index contributed by atoms with van der Waals surface area (Å²) in [5, 5.41) is 5.38. The molecule has 0 fully saturated rings. The predicted molar refractivity (Wildman–Crippen MR) is 88.5 cm³/mol. The number of ether oxygens (including phenoxy) is 1. The molecule has 5 nitrogen and oxygen atoms in total. The molecule has 0 aromatic heterocycles. The Morgan fingerprint density at radius 2 is 1.78 bits per heavy atom. The third-order valence-corrected chi connectivity index (χ3v) is 3.32. The lowest BCUT2D eigenvalue weighted by molar-refractivity contribution is -0.120. The zero-order valence-electron chi connectivity index (χ0n) is 13.0. The summed E-state index contributed by atoms with van der Waals surface area (Å²) in [6.45, 7) is 0.471. The summed E-state index contributed by atoms with van der Waals surface area (Å²) in [6, 6.07) is 16.5. The van der Waals surface area contributed by atoms with Gasteiger partial charge in [0.25, 0.3) is 5.91 Å². The fraction of sp³-hybridized carbons (Fsp3) is 0.222. The van der Waals surface area contributed by atoms with E-state index < -0.39 is 0 Å². The number of rotatable bonds is 7. The van der Waals surface area contributed by atoms with Crippen LogP contribution < -0.4 is 15.4 Å². The maximum atomic E-state index is 11.8. The van der Waals surface area contributed by atoms with Crippen molar-refractivity contribution < 1.29 is 14.3 Å². The molecule has 0 aliphatic heterocycles. The first-order valence-corrected chi connectivity index (χ1v) is 7.42. The van der Waals surface area contributed by atoms with Crippen molar-refractivity contribution in [2.24, 2.45) is 0 Å². The van der Waals surface area contributed by atoms with E-state index in [1.807, 2.05) is 30.3 Å². The second kappa shape index (κ2) is 8.58. The smallest absolute Gasteiger partial charge is 0.251 e. The van der Waals surface area contributed by atoms with E-state index >= 15 is 0 Å². The molecule has 0 unspecified atom stereocenters. The Kier molecular flexibility index (Phi) is 6.17. The molecule has 0 spiro atoms. The minimum Gasteiger partial charge on any atom is -0.497 e. The predicted octanol–water partition coefficient (Wildman–Crippen LogP) is 1.78. The molecule has 120 valence electrons. The van der Waals surface area contributed by atoms with Crippen LogP contribution in [0.25, 0.3) is 0 Å². The summed E-state index contributed by atoms with van der Waals surface area (Å²) in [4.78, 5) is 23.6. The molecule has 2 aromatic carbocycles. The molecule has 2 aromatic rings. The summed E-state index contributed by atoms with van der Waals surface area (Å²) in [6.07, 6.45) is 0.704. The van der Waals surface area contributed by atoms with Crippen LogP contribution >= 0.6 is 0 Å². The van der Waals surface area contributed by atoms with Gasteiger partial charge in [0.05, 0.1) is 13.7 Å². The second-order valence-corrected chi connectivity index (χ2v) is 5.00. The van der Waals surface area contributed by atoms with Gasteiger partial charge in [0.1, 0.15) is 5.75 Å². The van der Waals surface area contributed by atoms with Crippen LogP contribution in [-0.4, -0.2) is 32.0 Å². The first-order valence-electron chi connectivity index (χ1n) is 7.42. The Hall–Kier alpha value is -2.82. The van der Waals surface area contributed by atoms with E-state index in [1.54, 1.807) is 31.4 Å². The van der Waals surface area contributed by atoms with Gasteiger partial charge in [-0.25, -0.2) is 0 Å². The van der Waals surface area contributed by atoms with Gasteiger partial charge >= 0.3 is 0 Å². The van der Waals surface area contributed by atoms with Crippen molar-refractivity contribution in [1.29, 1.82) is 0 Å². The van der Waals surface area contributed by atoms with E-state index in [4.69, 9.17) is 4.74 Å². The molecule has 0 saturated carbocycles. The normalized spacial score (nSPS) is 9.96. The van der Waals surface area contributed by atoms with Gasteiger partial charge in [-0.05, 0) is 36.2 Å². The fourth-order valence-electron chi connectivity index (χ4n) is 2.09. The minimum absolute atomic E-state index is 0.0359. The Labute approximate surface area is 135 Å². The van der Waals surface area contributed by atoms with Crippen molar-refractivity contribution in [3.05, 3.63) is 65.7 Å². The summed E-state index contributed by atoms with van der Waals surface area (Å²) in [5.41, 5.74) is 1.62. The maximum absolute atomic E-state index is 11.8. The maximum Gasteiger partial charge on any atom is 0.251 e. The van der Waals surface area contributed by atoms with Gasteiger partial charge in [-0.3, -0.25) is 9.59 Å². The van der Waals surface area contributed by atoms with Crippen LogP contribution in [0.2, 0.25) is 0 Å². The quantitative estimate of drug-likeness (QED) is 0.819. The topological polar surface area (TPSA) is 67.4 Å². The molecule has 0 saturated heterocycles. The number of hydrogen-bond acceptors (Lipinski definition) is 3. The van der Waals surface area contributed by atoms with Crippen molar-refractivity contribution in [3.8, 4) is 5.75 Å². The summed E-state index contributed by atoms with van der Waals surface area (Å²) in [7, 11) is 1.62. The van der Waals surface area contributed by atoms with E-state index in [1.165, 1.54) is 0 Å². The summed E-state index contributed by atoms with van der Waals surface area (Å²) < 4.78 is 5.15. The van der Waals surface area contributed by atoms with Gasteiger partial charge in [-0.2, -0.15) is 0 Å². The molecule has 2 amide bonds. The molecular formula is C18H20N2O3. The van der Waals surface area contributed by atoms with Crippen LogP contribution in [0, 0.1) is 0 Å². The lowest BCUT2D eigenvalue weighted by atomic mass is 10.1. The van der Waals surface area contributed by atoms with Gasteiger partial charge in [0.15, 0.2) is 0 Å². The Morgan fingerprint density at radius 3 is 2.52 bits per heavy atom. The van der Waals surface area contributed by atoms with Crippen LogP contribution in [-0.2, 0) is 11.2 Å². The van der Waals surface area contributed by atoms with Crippen molar-refractivity contribution in [2.45, 2.75) is 6.42 Å².